The molecule has 0 radical (unpaired) electrons. The summed E-state index contributed by atoms with van der Waals surface area (Å²) in [4.78, 5) is 12.1. The maximum atomic E-state index is 12.2. The Morgan fingerprint density at radius 2 is 1.79 bits per heavy atom. The summed E-state index contributed by atoms with van der Waals surface area (Å²) in [5.74, 6) is -0.0776. The zero-order valence-electron chi connectivity index (χ0n) is 16.3. The van der Waals surface area contributed by atoms with Gasteiger partial charge < -0.3 is 5.32 Å². The number of anilines is 1. The second-order valence-electron chi connectivity index (χ2n) is 6.65. The third-order valence-electron chi connectivity index (χ3n) is 4.46. The van der Waals surface area contributed by atoms with E-state index in [4.69, 9.17) is 11.6 Å². The van der Waals surface area contributed by atoms with Crippen LogP contribution in [0.4, 0.5) is 5.69 Å². The first kappa shape index (κ1) is 22.2. The molecule has 0 aliphatic carbocycles. The van der Waals surface area contributed by atoms with E-state index >= 15 is 0 Å². The first-order valence-electron chi connectivity index (χ1n) is 9.38. The van der Waals surface area contributed by atoms with E-state index in [2.05, 4.69) is 5.32 Å². The Morgan fingerprint density at radius 1 is 1.11 bits per heavy atom. The molecule has 0 fully saturated rings. The van der Waals surface area contributed by atoms with E-state index in [-0.39, 0.29) is 18.9 Å². The van der Waals surface area contributed by atoms with Gasteiger partial charge in [-0.2, -0.15) is 0 Å². The van der Waals surface area contributed by atoms with E-state index in [0.717, 1.165) is 24.0 Å². The highest BCUT2D eigenvalue weighted by Crippen LogP contribution is 2.23. The lowest BCUT2D eigenvalue weighted by molar-refractivity contribution is -0.121. The van der Waals surface area contributed by atoms with Crippen molar-refractivity contribution >= 4 is 33.2 Å². The van der Waals surface area contributed by atoms with Crippen molar-refractivity contribution in [3.05, 3.63) is 64.7 Å². The number of hydrogen-bond donors (Lipinski definition) is 1. The number of nitrogens with zero attached hydrogens (tertiary/aromatic N) is 1. The Hall–Kier alpha value is -2.05. The quantitative estimate of drug-likeness (QED) is 0.633. The minimum Gasteiger partial charge on any atom is -0.356 e. The molecular formula is C21H27ClN2O3S. The molecule has 2 aromatic carbocycles. The van der Waals surface area contributed by atoms with Gasteiger partial charge in [-0.15, -0.1) is 0 Å². The van der Waals surface area contributed by atoms with E-state index in [1.54, 1.807) is 0 Å². The fraction of sp³-hybridized carbons (Fsp3) is 0.381. The summed E-state index contributed by atoms with van der Waals surface area (Å²) >= 11 is 5.86. The second kappa shape index (κ2) is 10.5. The molecule has 0 aliphatic heterocycles. The highest BCUT2D eigenvalue weighted by molar-refractivity contribution is 7.92. The SMILES string of the molecule is CCc1ccccc1N(CCCC(=O)NCCc1ccc(Cl)cc1)S(C)(=O)=O. The van der Waals surface area contributed by atoms with Gasteiger partial charge in [0, 0.05) is 24.5 Å². The Bertz CT molecular complexity index is 883. The maximum absolute atomic E-state index is 12.2. The number of amides is 1. The minimum absolute atomic E-state index is 0.0776. The molecule has 0 bridgehead atoms. The third kappa shape index (κ3) is 6.84. The fourth-order valence-corrected chi connectivity index (χ4v) is 4.11. The van der Waals surface area contributed by atoms with Crippen molar-refractivity contribution in [3.63, 3.8) is 0 Å². The Morgan fingerprint density at radius 3 is 2.43 bits per heavy atom. The molecule has 1 N–H and O–H groups in total. The lowest BCUT2D eigenvalue weighted by Gasteiger charge is -2.24. The van der Waals surface area contributed by atoms with Crippen molar-refractivity contribution in [2.45, 2.75) is 32.6 Å². The van der Waals surface area contributed by atoms with Crippen LogP contribution in [-0.2, 0) is 27.7 Å². The predicted octanol–water partition coefficient (Wildman–Crippen LogP) is 3.81. The van der Waals surface area contributed by atoms with Crippen LogP contribution in [0.2, 0.25) is 5.02 Å². The number of sulfonamides is 1. The number of hydrogen-bond acceptors (Lipinski definition) is 3. The summed E-state index contributed by atoms with van der Waals surface area (Å²) in [6, 6.07) is 15.0. The van der Waals surface area contributed by atoms with E-state index in [1.807, 2.05) is 55.5 Å². The van der Waals surface area contributed by atoms with E-state index in [0.29, 0.717) is 23.7 Å². The Kier molecular flexibility index (Phi) is 8.33. The van der Waals surface area contributed by atoms with Gasteiger partial charge in [-0.25, -0.2) is 8.42 Å². The monoisotopic (exact) mass is 422 g/mol. The summed E-state index contributed by atoms with van der Waals surface area (Å²) in [5, 5.41) is 3.57. The molecule has 7 heteroatoms. The first-order valence-corrected chi connectivity index (χ1v) is 11.6. The van der Waals surface area contributed by atoms with Gasteiger partial charge in [-0.05, 0) is 48.6 Å². The molecule has 2 rings (SSSR count). The largest absolute Gasteiger partial charge is 0.356 e. The fourth-order valence-electron chi connectivity index (χ4n) is 2.99. The molecule has 0 unspecified atom stereocenters. The number of halogens is 1. The topological polar surface area (TPSA) is 66.5 Å². The average molecular weight is 423 g/mol. The number of para-hydroxylation sites is 1. The minimum atomic E-state index is -3.41. The van der Waals surface area contributed by atoms with Gasteiger partial charge in [-0.1, -0.05) is 48.9 Å². The van der Waals surface area contributed by atoms with E-state index in [1.165, 1.54) is 10.6 Å². The summed E-state index contributed by atoms with van der Waals surface area (Å²) in [6.45, 7) is 2.81. The lowest BCUT2D eigenvalue weighted by atomic mass is 10.1. The summed E-state index contributed by atoms with van der Waals surface area (Å²) in [7, 11) is -3.41. The highest BCUT2D eigenvalue weighted by Gasteiger charge is 2.19. The van der Waals surface area contributed by atoms with Crippen LogP contribution >= 0.6 is 11.6 Å². The van der Waals surface area contributed by atoms with E-state index < -0.39 is 10.0 Å². The van der Waals surface area contributed by atoms with Crippen LogP contribution in [0.15, 0.2) is 48.5 Å². The van der Waals surface area contributed by atoms with Crippen LogP contribution in [0, 0.1) is 0 Å². The zero-order valence-corrected chi connectivity index (χ0v) is 17.9. The molecule has 28 heavy (non-hydrogen) atoms. The van der Waals surface area contributed by atoms with Crippen molar-refractivity contribution in [1.29, 1.82) is 0 Å². The molecular weight excluding hydrogens is 396 g/mol. The van der Waals surface area contributed by atoms with Crippen LogP contribution in [-0.4, -0.2) is 33.7 Å². The van der Waals surface area contributed by atoms with Crippen molar-refractivity contribution < 1.29 is 13.2 Å². The van der Waals surface area contributed by atoms with Crippen molar-refractivity contribution in [3.8, 4) is 0 Å². The van der Waals surface area contributed by atoms with Crippen LogP contribution in [0.3, 0.4) is 0 Å². The molecule has 0 saturated heterocycles. The van der Waals surface area contributed by atoms with Crippen LogP contribution in [0.25, 0.3) is 0 Å². The second-order valence-corrected chi connectivity index (χ2v) is 8.99. The van der Waals surface area contributed by atoms with Gasteiger partial charge in [0.1, 0.15) is 0 Å². The average Bonchev–Trinajstić information content (AvgIpc) is 2.66. The molecule has 152 valence electrons. The Balaban J connectivity index is 1.84. The van der Waals surface area contributed by atoms with Crippen LogP contribution in [0.5, 0.6) is 0 Å². The number of benzene rings is 2. The molecule has 0 atom stereocenters. The standard InChI is InChI=1S/C21H27ClN2O3S/c1-3-18-7-4-5-8-20(18)24(28(2,26)27)16-6-9-21(25)23-15-14-17-10-12-19(22)13-11-17/h4-5,7-8,10-13H,3,6,9,14-16H2,1-2H3,(H,23,25). The molecule has 0 heterocycles. The van der Waals surface area contributed by atoms with Crippen molar-refractivity contribution in [2.75, 3.05) is 23.7 Å². The smallest absolute Gasteiger partial charge is 0.232 e. The molecule has 0 aromatic heterocycles. The van der Waals surface area contributed by atoms with Gasteiger partial charge >= 0.3 is 0 Å². The molecule has 0 saturated carbocycles. The summed E-state index contributed by atoms with van der Waals surface area (Å²) in [5.41, 5.74) is 2.76. The molecule has 0 spiro atoms. The number of nitrogens with one attached hydrogen (secondary N) is 1. The highest BCUT2D eigenvalue weighted by atomic mass is 35.5. The predicted molar refractivity (Wildman–Crippen MR) is 115 cm³/mol. The number of carbonyl (C=O) groups excluding carboxylic acids is 1. The van der Waals surface area contributed by atoms with Crippen molar-refractivity contribution in [1.82, 2.24) is 5.32 Å². The van der Waals surface area contributed by atoms with Crippen molar-refractivity contribution in [2.24, 2.45) is 0 Å². The molecule has 1 amide bonds. The number of rotatable bonds is 10. The first-order chi connectivity index (χ1) is 13.3. The van der Waals surface area contributed by atoms with Gasteiger partial charge in [0.15, 0.2) is 0 Å². The molecule has 0 aliphatic rings. The van der Waals surface area contributed by atoms with Gasteiger partial charge in [0.25, 0.3) is 0 Å². The molecule has 5 nitrogen and oxygen atoms in total. The maximum Gasteiger partial charge on any atom is 0.232 e. The molecule has 2 aromatic rings. The normalized spacial score (nSPS) is 11.2. The number of carbonyl (C=O) groups is 1. The van der Waals surface area contributed by atoms with Gasteiger partial charge in [0.2, 0.25) is 15.9 Å². The lowest BCUT2D eigenvalue weighted by Crippen LogP contribution is -2.33. The zero-order chi connectivity index (χ0) is 20.6. The van der Waals surface area contributed by atoms with Gasteiger partial charge in [0.05, 0.1) is 11.9 Å². The van der Waals surface area contributed by atoms with E-state index in [9.17, 15) is 13.2 Å². The number of aryl methyl sites for hydroxylation is 1. The van der Waals surface area contributed by atoms with Crippen LogP contribution in [0.1, 0.15) is 30.9 Å². The Labute approximate surface area is 172 Å². The van der Waals surface area contributed by atoms with Crippen LogP contribution < -0.4 is 9.62 Å². The third-order valence-corrected chi connectivity index (χ3v) is 5.89. The summed E-state index contributed by atoms with van der Waals surface area (Å²) < 4.78 is 25.9. The summed E-state index contributed by atoms with van der Waals surface area (Å²) in [6.07, 6.45) is 3.40. The van der Waals surface area contributed by atoms with Gasteiger partial charge in [-0.3, -0.25) is 9.10 Å².